The number of halogens is 2. The zero-order valence-electron chi connectivity index (χ0n) is 10.8. The fourth-order valence-electron chi connectivity index (χ4n) is 2.13. The number of benzene rings is 1. The third kappa shape index (κ3) is 2.57. The maximum atomic E-state index is 12.6. The molecule has 4 nitrogen and oxygen atoms in total. The van der Waals surface area contributed by atoms with Crippen LogP contribution in [0.3, 0.4) is 0 Å². The predicted molar refractivity (Wildman–Crippen MR) is 84.7 cm³/mol. The van der Waals surface area contributed by atoms with E-state index in [4.69, 9.17) is 9.05 Å². The van der Waals surface area contributed by atoms with Gasteiger partial charge < -0.3 is 13.9 Å². The van der Waals surface area contributed by atoms with E-state index in [0.29, 0.717) is 0 Å². The molecule has 0 saturated carbocycles. The van der Waals surface area contributed by atoms with E-state index in [1.165, 1.54) is 14.2 Å². The van der Waals surface area contributed by atoms with Crippen LogP contribution in [0.25, 0.3) is 6.08 Å². The van der Waals surface area contributed by atoms with E-state index in [1.54, 1.807) is 0 Å². The molecule has 0 bridgehead atoms. The molecule has 0 amide bonds. The molecule has 0 spiro atoms. The minimum Gasteiger partial charge on any atom is -0.356 e. The van der Waals surface area contributed by atoms with Crippen LogP contribution in [0.2, 0.25) is 0 Å². The lowest BCUT2D eigenvalue weighted by atomic mass is 10.1. The van der Waals surface area contributed by atoms with Crippen LogP contribution >= 0.6 is 39.5 Å². The molecule has 1 unspecified atom stereocenters. The van der Waals surface area contributed by atoms with Gasteiger partial charge in [-0.25, -0.2) is 0 Å². The molecule has 1 atom stereocenters. The van der Waals surface area contributed by atoms with Crippen molar-refractivity contribution in [3.63, 3.8) is 0 Å². The van der Waals surface area contributed by atoms with Crippen LogP contribution in [0.5, 0.6) is 0 Å². The summed E-state index contributed by atoms with van der Waals surface area (Å²) in [5.41, 5.74) is 1.99. The SMILES string of the molecule is COP(=O)(OC)C1C=Cc2c(Br)ccc(Br)c2N1C. The van der Waals surface area contributed by atoms with Crippen LogP contribution in [0, 0.1) is 0 Å². The second kappa shape index (κ2) is 5.70. The summed E-state index contributed by atoms with van der Waals surface area (Å²) in [5.74, 6) is -0.444. The Kier molecular flexibility index (Phi) is 4.58. The number of fused-ring (bicyclic) bond motifs is 1. The minimum atomic E-state index is -3.20. The molecule has 0 saturated heterocycles. The molecule has 1 aromatic rings. The highest BCUT2D eigenvalue weighted by atomic mass is 79.9. The summed E-state index contributed by atoms with van der Waals surface area (Å²) in [5, 5.41) is 0. The van der Waals surface area contributed by atoms with Crippen LogP contribution in [0.1, 0.15) is 5.56 Å². The molecule has 0 radical (unpaired) electrons. The Morgan fingerprint density at radius 1 is 1.21 bits per heavy atom. The van der Waals surface area contributed by atoms with Crippen molar-refractivity contribution in [2.45, 2.75) is 5.78 Å². The van der Waals surface area contributed by atoms with Crippen molar-refractivity contribution in [3.8, 4) is 0 Å². The van der Waals surface area contributed by atoms with Gasteiger partial charge in [0.05, 0.1) is 5.69 Å². The Balaban J connectivity index is 2.54. The van der Waals surface area contributed by atoms with Crippen LogP contribution in [-0.2, 0) is 13.6 Å². The van der Waals surface area contributed by atoms with Crippen molar-refractivity contribution in [2.24, 2.45) is 0 Å². The van der Waals surface area contributed by atoms with Gasteiger partial charge in [0.1, 0.15) is 0 Å². The van der Waals surface area contributed by atoms with Gasteiger partial charge in [-0.3, -0.25) is 4.57 Å². The average molecular weight is 411 g/mol. The number of nitrogens with zero attached hydrogens (tertiary/aromatic N) is 1. The Hall–Kier alpha value is -0.130. The molecule has 0 N–H and O–H groups in total. The van der Waals surface area contributed by atoms with Crippen molar-refractivity contribution >= 4 is 51.2 Å². The van der Waals surface area contributed by atoms with Crippen LogP contribution < -0.4 is 4.90 Å². The lowest BCUT2D eigenvalue weighted by Gasteiger charge is -2.36. The van der Waals surface area contributed by atoms with Crippen molar-refractivity contribution in [1.29, 1.82) is 0 Å². The predicted octanol–water partition coefficient (Wildman–Crippen LogP) is 4.49. The number of hydrogen-bond acceptors (Lipinski definition) is 4. The van der Waals surface area contributed by atoms with Crippen molar-refractivity contribution in [1.82, 2.24) is 0 Å². The first kappa shape index (κ1) is 15.3. The van der Waals surface area contributed by atoms with Gasteiger partial charge in [0.25, 0.3) is 0 Å². The molecule has 1 aromatic carbocycles. The monoisotopic (exact) mass is 409 g/mol. The lowest BCUT2D eigenvalue weighted by Crippen LogP contribution is -2.33. The van der Waals surface area contributed by atoms with E-state index in [0.717, 1.165) is 20.2 Å². The highest BCUT2D eigenvalue weighted by molar-refractivity contribution is 9.11. The topological polar surface area (TPSA) is 38.8 Å². The van der Waals surface area contributed by atoms with Crippen LogP contribution in [0.4, 0.5) is 5.69 Å². The Morgan fingerprint density at radius 2 is 1.79 bits per heavy atom. The summed E-state index contributed by atoms with van der Waals surface area (Å²) in [6.45, 7) is 0. The first-order valence-corrected chi connectivity index (χ1v) is 8.74. The van der Waals surface area contributed by atoms with Crippen LogP contribution in [0.15, 0.2) is 27.2 Å². The molecule has 104 valence electrons. The zero-order chi connectivity index (χ0) is 14.2. The zero-order valence-corrected chi connectivity index (χ0v) is 14.8. The third-order valence-electron chi connectivity index (χ3n) is 3.13. The van der Waals surface area contributed by atoms with E-state index in [2.05, 4.69) is 31.9 Å². The lowest BCUT2D eigenvalue weighted by molar-refractivity contribution is 0.270. The average Bonchev–Trinajstić information content (AvgIpc) is 2.42. The maximum absolute atomic E-state index is 12.6. The highest BCUT2D eigenvalue weighted by Crippen LogP contribution is 2.56. The van der Waals surface area contributed by atoms with Gasteiger partial charge in [0.2, 0.25) is 0 Å². The number of anilines is 1. The normalized spacial score (nSPS) is 18.6. The Morgan fingerprint density at radius 3 is 2.37 bits per heavy atom. The smallest absolute Gasteiger partial charge is 0.356 e. The molecule has 0 aliphatic carbocycles. The fourth-order valence-corrected chi connectivity index (χ4v) is 4.62. The maximum Gasteiger partial charge on any atom is 0.356 e. The molecule has 1 aliphatic heterocycles. The van der Waals surface area contributed by atoms with Crippen molar-refractivity contribution in [3.05, 3.63) is 32.7 Å². The number of rotatable bonds is 3. The quantitative estimate of drug-likeness (QED) is 0.688. The Labute approximate surface area is 129 Å². The Bertz CT molecular complexity index is 568. The van der Waals surface area contributed by atoms with E-state index < -0.39 is 13.4 Å². The fraction of sp³-hybridized carbons (Fsp3) is 0.333. The largest absolute Gasteiger partial charge is 0.356 e. The van der Waals surface area contributed by atoms with E-state index >= 15 is 0 Å². The number of likely N-dealkylation sites (N-methyl/N-ethyl adjacent to an activating group) is 1. The molecule has 0 aromatic heterocycles. The first-order valence-electron chi connectivity index (χ1n) is 5.55. The molecule has 1 heterocycles. The van der Waals surface area contributed by atoms with Gasteiger partial charge in [-0.05, 0) is 34.1 Å². The molecule has 19 heavy (non-hydrogen) atoms. The second-order valence-corrected chi connectivity index (χ2v) is 8.13. The van der Waals surface area contributed by atoms with Gasteiger partial charge in [0, 0.05) is 35.8 Å². The number of hydrogen-bond donors (Lipinski definition) is 0. The van der Waals surface area contributed by atoms with Gasteiger partial charge in [-0.1, -0.05) is 22.0 Å². The molecular weight excluding hydrogens is 397 g/mol. The summed E-state index contributed by atoms with van der Waals surface area (Å²) in [7, 11) is 1.47. The molecular formula is C12H14Br2NO3P. The first-order chi connectivity index (χ1) is 8.94. The van der Waals surface area contributed by atoms with Gasteiger partial charge in [0.15, 0.2) is 5.78 Å². The van der Waals surface area contributed by atoms with Gasteiger partial charge >= 0.3 is 7.60 Å². The summed E-state index contributed by atoms with van der Waals surface area (Å²) in [6, 6.07) is 3.91. The summed E-state index contributed by atoms with van der Waals surface area (Å²) in [6.07, 6.45) is 3.77. The third-order valence-corrected chi connectivity index (χ3v) is 6.65. The summed E-state index contributed by atoms with van der Waals surface area (Å²) < 4.78 is 24.7. The van der Waals surface area contributed by atoms with Crippen molar-refractivity contribution in [2.75, 3.05) is 26.2 Å². The standard InChI is InChI=1S/C12H14Br2NO3P/c1-15-11(19(16,17-2)18-3)7-4-8-9(13)5-6-10(14)12(8)15/h4-7,11H,1-3H3. The minimum absolute atomic E-state index is 0.444. The van der Waals surface area contributed by atoms with Gasteiger partial charge in [-0.2, -0.15) is 0 Å². The summed E-state index contributed by atoms with van der Waals surface area (Å²) in [4.78, 5) is 1.90. The van der Waals surface area contributed by atoms with Crippen molar-refractivity contribution < 1.29 is 13.6 Å². The molecule has 7 heteroatoms. The van der Waals surface area contributed by atoms with Gasteiger partial charge in [-0.15, -0.1) is 0 Å². The summed E-state index contributed by atoms with van der Waals surface area (Å²) >= 11 is 7.04. The highest BCUT2D eigenvalue weighted by Gasteiger charge is 2.38. The van der Waals surface area contributed by atoms with E-state index in [-0.39, 0.29) is 0 Å². The second-order valence-electron chi connectivity index (χ2n) is 4.08. The molecule has 2 rings (SSSR count). The van der Waals surface area contributed by atoms with E-state index in [1.807, 2.05) is 36.2 Å². The van der Waals surface area contributed by atoms with E-state index in [9.17, 15) is 4.57 Å². The molecule has 1 aliphatic rings. The molecule has 0 fully saturated rings. The van der Waals surface area contributed by atoms with Crippen LogP contribution in [-0.4, -0.2) is 27.1 Å².